The normalized spacial score (nSPS) is 17.4. The van der Waals surface area contributed by atoms with E-state index < -0.39 is 0 Å². The number of aromatic nitrogens is 3. The number of nitrogens with one attached hydrogen (secondary N) is 1. The summed E-state index contributed by atoms with van der Waals surface area (Å²) in [5.74, 6) is -0.188. The third-order valence-corrected chi connectivity index (χ3v) is 4.11. The van der Waals surface area contributed by atoms with Gasteiger partial charge in [0.05, 0.1) is 6.10 Å². The maximum absolute atomic E-state index is 12.1. The fourth-order valence-corrected chi connectivity index (χ4v) is 2.88. The second-order valence-electron chi connectivity index (χ2n) is 4.86. The molecule has 6 nitrogen and oxygen atoms in total. The van der Waals surface area contributed by atoms with Crippen LogP contribution < -0.4 is 5.32 Å². The van der Waals surface area contributed by atoms with Gasteiger partial charge in [0.15, 0.2) is 5.16 Å². The van der Waals surface area contributed by atoms with Gasteiger partial charge in [-0.05, 0) is 42.8 Å². The SMILES string of the molecule is O=C(NC[C@@H]1CCCO1)c1cc(Sc2ncccn2)ccn1. The third-order valence-electron chi connectivity index (χ3n) is 3.23. The summed E-state index contributed by atoms with van der Waals surface area (Å²) in [6, 6.07) is 5.34. The summed E-state index contributed by atoms with van der Waals surface area (Å²) in [6.45, 7) is 1.31. The number of nitrogens with zero attached hydrogens (tertiary/aromatic N) is 3. The van der Waals surface area contributed by atoms with Crippen LogP contribution in [0.3, 0.4) is 0 Å². The first-order valence-corrected chi connectivity index (χ1v) is 7.93. The Morgan fingerprint density at radius 1 is 1.32 bits per heavy atom. The zero-order chi connectivity index (χ0) is 15.2. The molecule has 1 aliphatic heterocycles. The highest BCUT2D eigenvalue weighted by Gasteiger charge is 2.17. The topological polar surface area (TPSA) is 77.0 Å². The fourth-order valence-electron chi connectivity index (χ4n) is 2.14. The Hall–Kier alpha value is -1.99. The van der Waals surface area contributed by atoms with Crippen molar-refractivity contribution >= 4 is 17.7 Å². The van der Waals surface area contributed by atoms with Crippen molar-refractivity contribution in [2.45, 2.75) is 29.0 Å². The van der Waals surface area contributed by atoms with E-state index in [1.807, 2.05) is 6.07 Å². The van der Waals surface area contributed by atoms with Gasteiger partial charge in [0.2, 0.25) is 0 Å². The van der Waals surface area contributed by atoms with E-state index in [0.29, 0.717) is 17.4 Å². The van der Waals surface area contributed by atoms with Gasteiger partial charge >= 0.3 is 0 Å². The van der Waals surface area contributed by atoms with Crippen LogP contribution in [-0.2, 0) is 4.74 Å². The van der Waals surface area contributed by atoms with Crippen LogP contribution >= 0.6 is 11.8 Å². The quantitative estimate of drug-likeness (QED) is 0.849. The second-order valence-corrected chi connectivity index (χ2v) is 5.90. The van der Waals surface area contributed by atoms with Gasteiger partial charge in [-0.15, -0.1) is 0 Å². The number of rotatable bonds is 5. The lowest BCUT2D eigenvalue weighted by Gasteiger charge is -2.10. The van der Waals surface area contributed by atoms with E-state index in [-0.39, 0.29) is 12.0 Å². The summed E-state index contributed by atoms with van der Waals surface area (Å²) in [4.78, 5) is 25.4. The van der Waals surface area contributed by atoms with Crippen LogP contribution in [0.25, 0.3) is 0 Å². The highest BCUT2D eigenvalue weighted by atomic mass is 32.2. The maximum Gasteiger partial charge on any atom is 0.270 e. The molecule has 1 N–H and O–H groups in total. The molecule has 2 aromatic heterocycles. The molecular formula is C15H16N4O2S. The van der Waals surface area contributed by atoms with Crippen molar-refractivity contribution in [3.63, 3.8) is 0 Å². The molecule has 1 aliphatic rings. The second kappa shape index (κ2) is 7.33. The molecule has 1 fully saturated rings. The molecule has 0 bridgehead atoms. The van der Waals surface area contributed by atoms with Gasteiger partial charge in [-0.1, -0.05) is 0 Å². The van der Waals surface area contributed by atoms with Crippen molar-refractivity contribution in [1.82, 2.24) is 20.3 Å². The smallest absolute Gasteiger partial charge is 0.270 e. The Balaban J connectivity index is 1.61. The van der Waals surface area contributed by atoms with E-state index in [0.717, 1.165) is 24.3 Å². The number of hydrogen-bond donors (Lipinski definition) is 1. The first kappa shape index (κ1) is 14.9. The molecule has 0 aromatic carbocycles. The molecule has 3 heterocycles. The molecule has 0 aliphatic carbocycles. The van der Waals surface area contributed by atoms with Gasteiger partial charge in [-0.25, -0.2) is 9.97 Å². The number of amides is 1. The first-order chi connectivity index (χ1) is 10.8. The van der Waals surface area contributed by atoms with E-state index in [9.17, 15) is 4.79 Å². The summed E-state index contributed by atoms with van der Waals surface area (Å²) < 4.78 is 5.49. The molecule has 114 valence electrons. The molecule has 7 heteroatoms. The Morgan fingerprint density at radius 3 is 2.95 bits per heavy atom. The molecule has 1 amide bonds. The average Bonchev–Trinajstić information content (AvgIpc) is 3.07. The van der Waals surface area contributed by atoms with Gasteiger partial charge < -0.3 is 10.1 Å². The third kappa shape index (κ3) is 4.02. The highest BCUT2D eigenvalue weighted by molar-refractivity contribution is 7.99. The average molecular weight is 316 g/mol. The molecule has 2 aromatic rings. The van der Waals surface area contributed by atoms with Crippen molar-refractivity contribution in [3.05, 3.63) is 42.5 Å². The van der Waals surface area contributed by atoms with Crippen LogP contribution in [0.5, 0.6) is 0 Å². The number of pyridine rings is 1. The molecule has 1 saturated heterocycles. The fraction of sp³-hybridized carbons (Fsp3) is 0.333. The predicted octanol–water partition coefficient (Wildman–Crippen LogP) is 1.93. The van der Waals surface area contributed by atoms with Crippen molar-refractivity contribution in [1.29, 1.82) is 0 Å². The number of carbonyl (C=O) groups excluding carboxylic acids is 1. The summed E-state index contributed by atoms with van der Waals surface area (Å²) in [7, 11) is 0. The number of ether oxygens (including phenoxy) is 1. The van der Waals surface area contributed by atoms with Crippen LogP contribution in [0.4, 0.5) is 0 Å². The lowest BCUT2D eigenvalue weighted by Crippen LogP contribution is -2.32. The van der Waals surface area contributed by atoms with Crippen molar-refractivity contribution in [2.24, 2.45) is 0 Å². The molecule has 0 radical (unpaired) electrons. The molecular weight excluding hydrogens is 300 g/mol. The van der Waals surface area contributed by atoms with Crippen molar-refractivity contribution in [3.8, 4) is 0 Å². The standard InChI is InChI=1S/C15H16N4O2S/c20-14(19-10-11-3-1-8-21-11)13-9-12(4-7-16-13)22-15-17-5-2-6-18-15/h2,4-7,9,11H,1,3,8,10H2,(H,19,20)/t11-/m0/s1. The van der Waals surface area contributed by atoms with Crippen LogP contribution in [0.1, 0.15) is 23.3 Å². The lowest BCUT2D eigenvalue weighted by molar-refractivity contribution is 0.0853. The van der Waals surface area contributed by atoms with Crippen LogP contribution in [0.15, 0.2) is 46.8 Å². The number of carbonyl (C=O) groups is 1. The minimum Gasteiger partial charge on any atom is -0.376 e. The Labute approximate surface area is 132 Å². The Kier molecular flexibility index (Phi) is 4.97. The molecule has 0 unspecified atom stereocenters. The van der Waals surface area contributed by atoms with Gasteiger partial charge in [0, 0.05) is 36.6 Å². The molecule has 3 rings (SSSR count). The zero-order valence-corrected chi connectivity index (χ0v) is 12.8. The van der Waals surface area contributed by atoms with Gasteiger partial charge in [-0.3, -0.25) is 9.78 Å². The summed E-state index contributed by atoms with van der Waals surface area (Å²) in [5, 5.41) is 3.50. The highest BCUT2D eigenvalue weighted by Crippen LogP contribution is 2.23. The largest absolute Gasteiger partial charge is 0.376 e. The first-order valence-electron chi connectivity index (χ1n) is 7.12. The van der Waals surface area contributed by atoms with E-state index in [4.69, 9.17) is 4.74 Å². The van der Waals surface area contributed by atoms with Crippen molar-refractivity contribution < 1.29 is 9.53 Å². The van der Waals surface area contributed by atoms with Crippen LogP contribution in [0.2, 0.25) is 0 Å². The van der Waals surface area contributed by atoms with E-state index in [1.54, 1.807) is 30.7 Å². The summed E-state index contributed by atoms with van der Waals surface area (Å²) in [6.07, 6.45) is 7.17. The molecule has 22 heavy (non-hydrogen) atoms. The Bertz CT molecular complexity index is 632. The zero-order valence-electron chi connectivity index (χ0n) is 11.9. The predicted molar refractivity (Wildman–Crippen MR) is 81.7 cm³/mol. The molecule has 0 saturated carbocycles. The Morgan fingerprint density at radius 2 is 2.18 bits per heavy atom. The lowest BCUT2D eigenvalue weighted by atomic mass is 10.2. The van der Waals surface area contributed by atoms with Crippen molar-refractivity contribution in [2.75, 3.05) is 13.2 Å². The molecule has 0 spiro atoms. The van der Waals surface area contributed by atoms with E-state index in [1.165, 1.54) is 11.8 Å². The number of hydrogen-bond acceptors (Lipinski definition) is 6. The van der Waals surface area contributed by atoms with Gasteiger partial charge in [-0.2, -0.15) is 0 Å². The molecule has 1 atom stereocenters. The maximum atomic E-state index is 12.1. The van der Waals surface area contributed by atoms with Gasteiger partial charge in [0.25, 0.3) is 5.91 Å². The summed E-state index contributed by atoms with van der Waals surface area (Å²) >= 11 is 1.40. The monoisotopic (exact) mass is 316 g/mol. The van der Waals surface area contributed by atoms with E-state index >= 15 is 0 Å². The van der Waals surface area contributed by atoms with E-state index in [2.05, 4.69) is 20.3 Å². The van der Waals surface area contributed by atoms with Crippen LogP contribution in [0, 0.1) is 0 Å². The summed E-state index contributed by atoms with van der Waals surface area (Å²) in [5.41, 5.74) is 0.388. The van der Waals surface area contributed by atoms with Gasteiger partial charge in [0.1, 0.15) is 5.69 Å². The minimum atomic E-state index is -0.188. The minimum absolute atomic E-state index is 0.124. The van der Waals surface area contributed by atoms with Crippen LogP contribution in [-0.4, -0.2) is 40.1 Å².